The second-order valence-electron chi connectivity index (χ2n) is 4.79. The molecule has 2 rings (SSSR count). The molecule has 98 valence electrons. The largest absolute Gasteiger partial charge is 0.497 e. The zero-order valence-corrected chi connectivity index (χ0v) is 11.8. The van der Waals surface area contributed by atoms with E-state index in [1.54, 1.807) is 7.11 Å². The van der Waals surface area contributed by atoms with Crippen LogP contribution in [0.3, 0.4) is 0 Å². The summed E-state index contributed by atoms with van der Waals surface area (Å²) in [5.41, 5.74) is 3.92. The van der Waals surface area contributed by atoms with Crippen LogP contribution in [0.1, 0.15) is 30.9 Å². The number of ether oxygens (including phenoxy) is 1. The summed E-state index contributed by atoms with van der Waals surface area (Å²) >= 11 is 0. The van der Waals surface area contributed by atoms with Gasteiger partial charge in [0.25, 0.3) is 0 Å². The summed E-state index contributed by atoms with van der Waals surface area (Å²) < 4.78 is 5.19. The lowest BCUT2D eigenvalue weighted by molar-refractivity contribution is 0.414. The van der Waals surface area contributed by atoms with Gasteiger partial charge in [-0.3, -0.25) is 0 Å². The molecule has 2 aromatic carbocycles. The summed E-state index contributed by atoms with van der Waals surface area (Å²) in [4.78, 5) is 0. The summed E-state index contributed by atoms with van der Waals surface area (Å²) in [5, 5.41) is 0. The molecule has 19 heavy (non-hydrogen) atoms. The van der Waals surface area contributed by atoms with Gasteiger partial charge < -0.3 is 4.74 Å². The number of rotatable bonds is 4. The van der Waals surface area contributed by atoms with E-state index in [0.717, 1.165) is 5.75 Å². The van der Waals surface area contributed by atoms with E-state index in [1.807, 2.05) is 18.2 Å². The van der Waals surface area contributed by atoms with E-state index in [4.69, 9.17) is 4.74 Å². The molecule has 0 saturated carbocycles. The standard InChI is InChI=1S/C18H20O/c1-14(13-16-7-5-4-6-8-16)15(2)17-9-11-18(19-3)12-10-17/h4-13,15H,1-3H3/b14-13+. The molecule has 0 fully saturated rings. The van der Waals surface area contributed by atoms with E-state index < -0.39 is 0 Å². The maximum absolute atomic E-state index is 5.19. The second-order valence-corrected chi connectivity index (χ2v) is 4.79. The van der Waals surface area contributed by atoms with E-state index >= 15 is 0 Å². The topological polar surface area (TPSA) is 9.23 Å². The molecule has 0 heterocycles. The van der Waals surface area contributed by atoms with Crippen LogP contribution in [0.5, 0.6) is 5.75 Å². The Kier molecular flexibility index (Phi) is 4.40. The van der Waals surface area contributed by atoms with Gasteiger partial charge in [-0.2, -0.15) is 0 Å². The van der Waals surface area contributed by atoms with Crippen molar-refractivity contribution in [2.24, 2.45) is 0 Å². The van der Waals surface area contributed by atoms with E-state index in [2.05, 4.69) is 56.3 Å². The monoisotopic (exact) mass is 252 g/mol. The number of hydrogen-bond donors (Lipinski definition) is 0. The molecule has 0 aliphatic carbocycles. The molecule has 0 N–H and O–H groups in total. The van der Waals surface area contributed by atoms with Gasteiger partial charge in [-0.25, -0.2) is 0 Å². The van der Waals surface area contributed by atoms with Crippen molar-refractivity contribution < 1.29 is 4.74 Å². The Morgan fingerprint density at radius 2 is 1.63 bits per heavy atom. The van der Waals surface area contributed by atoms with E-state index in [-0.39, 0.29) is 0 Å². The molecule has 2 aromatic rings. The molecule has 1 nitrogen and oxygen atoms in total. The molecular weight excluding hydrogens is 232 g/mol. The highest BCUT2D eigenvalue weighted by Gasteiger charge is 2.07. The molecule has 1 heteroatoms. The van der Waals surface area contributed by atoms with Crippen molar-refractivity contribution in [3.05, 3.63) is 71.3 Å². The molecule has 0 aliphatic rings. The summed E-state index contributed by atoms with van der Waals surface area (Å²) in [5.74, 6) is 1.31. The first kappa shape index (κ1) is 13.4. The van der Waals surface area contributed by atoms with E-state index in [9.17, 15) is 0 Å². The van der Waals surface area contributed by atoms with Gasteiger partial charge in [0.2, 0.25) is 0 Å². The maximum atomic E-state index is 5.19. The smallest absolute Gasteiger partial charge is 0.118 e. The molecule has 1 unspecified atom stereocenters. The highest BCUT2D eigenvalue weighted by Crippen LogP contribution is 2.26. The van der Waals surface area contributed by atoms with Crippen molar-refractivity contribution in [1.29, 1.82) is 0 Å². The van der Waals surface area contributed by atoms with Gasteiger partial charge in [-0.1, -0.05) is 61.0 Å². The van der Waals surface area contributed by atoms with Gasteiger partial charge in [-0.15, -0.1) is 0 Å². The van der Waals surface area contributed by atoms with Crippen molar-refractivity contribution >= 4 is 6.08 Å². The van der Waals surface area contributed by atoms with Crippen molar-refractivity contribution in [2.75, 3.05) is 7.11 Å². The molecule has 0 bridgehead atoms. The quantitative estimate of drug-likeness (QED) is 0.751. The van der Waals surface area contributed by atoms with Crippen molar-refractivity contribution in [3.63, 3.8) is 0 Å². The van der Waals surface area contributed by atoms with Crippen LogP contribution in [0.25, 0.3) is 6.08 Å². The SMILES string of the molecule is COc1ccc(C(C)/C(C)=C/c2ccccc2)cc1. The predicted octanol–water partition coefficient (Wildman–Crippen LogP) is 4.90. The average Bonchev–Trinajstić information content (AvgIpc) is 2.47. The first-order valence-electron chi connectivity index (χ1n) is 6.58. The molecule has 0 spiro atoms. The summed E-state index contributed by atoms with van der Waals surface area (Å²) in [6, 6.07) is 18.7. The zero-order valence-electron chi connectivity index (χ0n) is 11.8. The fourth-order valence-electron chi connectivity index (χ4n) is 2.09. The fraction of sp³-hybridized carbons (Fsp3) is 0.222. The Bertz CT molecular complexity index is 538. The third kappa shape index (κ3) is 3.47. The Hall–Kier alpha value is -2.02. The van der Waals surface area contributed by atoms with Gasteiger partial charge in [0.1, 0.15) is 5.75 Å². The van der Waals surface area contributed by atoms with Crippen LogP contribution >= 0.6 is 0 Å². The van der Waals surface area contributed by atoms with Gasteiger partial charge in [0.05, 0.1) is 7.11 Å². The lowest BCUT2D eigenvalue weighted by atomic mass is 9.92. The first-order valence-corrected chi connectivity index (χ1v) is 6.58. The minimum absolute atomic E-state index is 0.408. The normalized spacial score (nSPS) is 13.1. The third-order valence-corrected chi connectivity index (χ3v) is 3.49. The molecule has 0 amide bonds. The van der Waals surface area contributed by atoms with E-state index in [1.165, 1.54) is 16.7 Å². The van der Waals surface area contributed by atoms with Crippen LogP contribution in [-0.4, -0.2) is 7.11 Å². The Morgan fingerprint density at radius 3 is 2.21 bits per heavy atom. The van der Waals surface area contributed by atoms with Gasteiger partial charge >= 0.3 is 0 Å². The van der Waals surface area contributed by atoms with Crippen molar-refractivity contribution in [3.8, 4) is 5.75 Å². The first-order chi connectivity index (χ1) is 9.20. The summed E-state index contributed by atoms with van der Waals surface area (Å²) in [6.45, 7) is 4.42. The number of allylic oxidation sites excluding steroid dienone is 1. The van der Waals surface area contributed by atoms with Crippen LogP contribution in [0.2, 0.25) is 0 Å². The highest BCUT2D eigenvalue weighted by molar-refractivity contribution is 5.54. The predicted molar refractivity (Wildman–Crippen MR) is 81.5 cm³/mol. The minimum Gasteiger partial charge on any atom is -0.497 e. The van der Waals surface area contributed by atoms with Crippen LogP contribution < -0.4 is 4.74 Å². The Balaban J connectivity index is 2.18. The van der Waals surface area contributed by atoms with E-state index in [0.29, 0.717) is 5.92 Å². The number of benzene rings is 2. The number of hydrogen-bond acceptors (Lipinski definition) is 1. The van der Waals surface area contributed by atoms with Crippen LogP contribution in [0, 0.1) is 0 Å². The van der Waals surface area contributed by atoms with Crippen LogP contribution in [0.4, 0.5) is 0 Å². The molecule has 1 atom stereocenters. The Labute approximate surface area is 115 Å². The molecule has 0 aliphatic heterocycles. The van der Waals surface area contributed by atoms with Crippen LogP contribution in [0.15, 0.2) is 60.2 Å². The third-order valence-electron chi connectivity index (χ3n) is 3.49. The molecule has 0 aromatic heterocycles. The molecule has 0 saturated heterocycles. The Morgan fingerprint density at radius 1 is 1.00 bits per heavy atom. The lowest BCUT2D eigenvalue weighted by Gasteiger charge is -2.13. The van der Waals surface area contributed by atoms with Gasteiger partial charge in [-0.05, 0) is 30.2 Å². The molecular formula is C18H20O. The van der Waals surface area contributed by atoms with Crippen LogP contribution in [-0.2, 0) is 0 Å². The molecule has 0 radical (unpaired) electrons. The van der Waals surface area contributed by atoms with Crippen molar-refractivity contribution in [2.45, 2.75) is 19.8 Å². The fourth-order valence-corrected chi connectivity index (χ4v) is 2.09. The summed E-state index contributed by atoms with van der Waals surface area (Å²) in [6.07, 6.45) is 2.24. The average molecular weight is 252 g/mol. The minimum atomic E-state index is 0.408. The lowest BCUT2D eigenvalue weighted by Crippen LogP contribution is -1.95. The zero-order chi connectivity index (χ0) is 13.7. The van der Waals surface area contributed by atoms with Gasteiger partial charge in [0, 0.05) is 5.92 Å². The highest BCUT2D eigenvalue weighted by atomic mass is 16.5. The van der Waals surface area contributed by atoms with Gasteiger partial charge in [0.15, 0.2) is 0 Å². The second kappa shape index (κ2) is 6.24. The summed E-state index contributed by atoms with van der Waals surface area (Å²) in [7, 11) is 1.69. The van der Waals surface area contributed by atoms with Crippen molar-refractivity contribution in [1.82, 2.24) is 0 Å². The maximum Gasteiger partial charge on any atom is 0.118 e. The number of methoxy groups -OCH3 is 1.